The van der Waals surface area contributed by atoms with Gasteiger partial charge < -0.3 is 0 Å². The second kappa shape index (κ2) is 6.48. The van der Waals surface area contributed by atoms with Gasteiger partial charge in [0.05, 0.1) is 11.2 Å². The lowest BCUT2D eigenvalue weighted by molar-refractivity contribution is 0.0959. The van der Waals surface area contributed by atoms with Crippen LogP contribution in [0.2, 0.25) is 5.02 Å². The average Bonchev–Trinajstić information content (AvgIpc) is 2.83. The van der Waals surface area contributed by atoms with Crippen molar-refractivity contribution in [1.82, 2.24) is 5.43 Å². The molecule has 0 unspecified atom stereocenters. The van der Waals surface area contributed by atoms with Gasteiger partial charge >= 0.3 is 0 Å². The first-order valence-electron chi connectivity index (χ1n) is 6.82. The molecular weight excluding hydrogens is 335 g/mol. The summed E-state index contributed by atoms with van der Waals surface area (Å²) in [5.74, 6) is -0.746. The molecule has 3 nitrogen and oxygen atoms in total. The third-order valence-electron chi connectivity index (χ3n) is 3.22. The van der Waals surface area contributed by atoms with Gasteiger partial charge in [0.25, 0.3) is 5.91 Å². The van der Waals surface area contributed by atoms with Crippen molar-refractivity contribution in [3.63, 3.8) is 0 Å². The summed E-state index contributed by atoms with van der Waals surface area (Å²) in [4.78, 5) is 12.6. The van der Waals surface area contributed by atoms with Crippen LogP contribution in [0.5, 0.6) is 0 Å². The molecule has 0 saturated carbocycles. The van der Waals surface area contributed by atoms with Gasteiger partial charge in [-0.15, -0.1) is 11.3 Å². The Balaban J connectivity index is 1.79. The van der Waals surface area contributed by atoms with Gasteiger partial charge in [0.2, 0.25) is 0 Å². The van der Waals surface area contributed by atoms with E-state index < -0.39 is 0 Å². The van der Waals surface area contributed by atoms with Gasteiger partial charge in [0, 0.05) is 10.1 Å². The van der Waals surface area contributed by atoms with E-state index in [0.29, 0.717) is 15.5 Å². The summed E-state index contributed by atoms with van der Waals surface area (Å²) < 4.78 is 14.0. The second-order valence-electron chi connectivity index (χ2n) is 5.00. The number of halogens is 2. The molecule has 1 aromatic heterocycles. The number of aryl methyl sites for hydroxylation is 1. The van der Waals surface area contributed by atoms with E-state index >= 15 is 0 Å². The molecule has 1 amide bonds. The fourth-order valence-corrected chi connectivity index (χ4v) is 3.63. The Morgan fingerprint density at radius 1 is 1.30 bits per heavy atom. The van der Waals surface area contributed by atoms with Crippen molar-refractivity contribution < 1.29 is 9.18 Å². The van der Waals surface area contributed by atoms with Gasteiger partial charge in [-0.25, -0.2) is 9.82 Å². The highest BCUT2D eigenvalue weighted by atomic mass is 35.5. The number of hydrazone groups is 1. The number of nitrogens with zero attached hydrogens (tertiary/aromatic N) is 1. The molecule has 6 heteroatoms. The van der Waals surface area contributed by atoms with Crippen LogP contribution >= 0.6 is 22.9 Å². The highest BCUT2D eigenvalue weighted by Crippen LogP contribution is 2.35. The molecule has 1 N–H and O–H groups in total. The zero-order chi connectivity index (χ0) is 16.4. The van der Waals surface area contributed by atoms with Gasteiger partial charge in [-0.2, -0.15) is 5.10 Å². The van der Waals surface area contributed by atoms with E-state index in [1.165, 1.54) is 29.7 Å². The third kappa shape index (κ3) is 3.41. The van der Waals surface area contributed by atoms with E-state index in [4.69, 9.17) is 11.6 Å². The predicted octanol–water partition coefficient (Wildman–Crippen LogP) is 4.77. The summed E-state index contributed by atoms with van der Waals surface area (Å²) in [5.41, 5.74) is 4.08. The van der Waals surface area contributed by atoms with Gasteiger partial charge in [0.1, 0.15) is 10.7 Å². The fraction of sp³-hybridized carbons (Fsp3) is 0.0588. The normalized spacial score (nSPS) is 11.3. The molecule has 0 aliphatic heterocycles. The molecule has 1 heterocycles. The Kier molecular flexibility index (Phi) is 4.41. The lowest BCUT2D eigenvalue weighted by Gasteiger charge is -1.97. The van der Waals surface area contributed by atoms with Gasteiger partial charge in [-0.05, 0) is 36.2 Å². The summed E-state index contributed by atoms with van der Waals surface area (Å²) in [5, 5.41) is 5.11. The third-order valence-corrected chi connectivity index (χ3v) is 4.88. The lowest BCUT2D eigenvalue weighted by atomic mass is 10.2. The van der Waals surface area contributed by atoms with Crippen molar-refractivity contribution in [2.75, 3.05) is 0 Å². The van der Waals surface area contributed by atoms with E-state index in [0.717, 1.165) is 15.6 Å². The Labute approximate surface area is 141 Å². The minimum absolute atomic E-state index is 0.358. The molecular formula is C17H12ClFN2OS. The molecule has 0 aliphatic rings. The first-order chi connectivity index (χ1) is 11.0. The molecule has 0 bridgehead atoms. The Bertz CT molecular complexity index is 920. The first-order valence-corrected chi connectivity index (χ1v) is 8.01. The van der Waals surface area contributed by atoms with Crippen LogP contribution in [0.3, 0.4) is 0 Å². The van der Waals surface area contributed by atoms with E-state index in [9.17, 15) is 9.18 Å². The van der Waals surface area contributed by atoms with Crippen LogP contribution in [0, 0.1) is 12.7 Å². The molecule has 0 saturated heterocycles. The summed E-state index contributed by atoms with van der Waals surface area (Å²) in [6.45, 7) is 1.98. The quantitative estimate of drug-likeness (QED) is 0.539. The molecule has 0 fully saturated rings. The molecule has 0 spiro atoms. The largest absolute Gasteiger partial charge is 0.283 e. The highest BCUT2D eigenvalue weighted by molar-refractivity contribution is 7.21. The molecule has 3 aromatic rings. The number of rotatable bonds is 3. The van der Waals surface area contributed by atoms with Crippen molar-refractivity contribution >= 4 is 45.1 Å². The number of nitrogens with one attached hydrogen (secondary N) is 1. The number of amides is 1. The summed E-state index contributed by atoms with van der Waals surface area (Å²) in [6, 6.07) is 11.8. The zero-order valence-electron chi connectivity index (χ0n) is 12.1. The number of carbonyl (C=O) groups is 1. The van der Waals surface area contributed by atoms with E-state index in [2.05, 4.69) is 10.5 Å². The van der Waals surface area contributed by atoms with Crippen molar-refractivity contribution in [1.29, 1.82) is 0 Å². The van der Waals surface area contributed by atoms with Gasteiger partial charge in [0.15, 0.2) is 0 Å². The molecule has 3 rings (SSSR count). The fourth-order valence-electron chi connectivity index (χ4n) is 2.12. The maximum absolute atomic E-state index is 13.1. The molecule has 0 atom stereocenters. The Morgan fingerprint density at radius 2 is 2.13 bits per heavy atom. The minimum Gasteiger partial charge on any atom is -0.266 e. The number of fused-ring (bicyclic) bond motifs is 1. The summed E-state index contributed by atoms with van der Waals surface area (Å²) in [7, 11) is 0. The molecule has 23 heavy (non-hydrogen) atoms. The maximum Gasteiger partial charge on any atom is 0.283 e. The van der Waals surface area contributed by atoms with Crippen LogP contribution < -0.4 is 5.43 Å². The number of hydrogen-bond acceptors (Lipinski definition) is 3. The first kappa shape index (κ1) is 15.6. The van der Waals surface area contributed by atoms with Crippen molar-refractivity contribution in [2.24, 2.45) is 5.10 Å². The Morgan fingerprint density at radius 3 is 2.91 bits per heavy atom. The summed E-state index contributed by atoms with van der Waals surface area (Å²) >= 11 is 7.59. The van der Waals surface area contributed by atoms with Crippen LogP contribution in [-0.2, 0) is 0 Å². The number of thiophene rings is 1. The predicted molar refractivity (Wildman–Crippen MR) is 93.0 cm³/mol. The SMILES string of the molecule is Cc1ccc2c(Cl)c(C(=O)N/N=C/c3cccc(F)c3)sc2c1. The molecule has 116 valence electrons. The molecule has 0 radical (unpaired) electrons. The van der Waals surface area contributed by atoms with E-state index in [1.54, 1.807) is 12.1 Å². The topological polar surface area (TPSA) is 41.5 Å². The van der Waals surface area contributed by atoms with E-state index in [1.807, 2.05) is 25.1 Å². The summed E-state index contributed by atoms with van der Waals surface area (Å²) in [6.07, 6.45) is 1.38. The lowest BCUT2D eigenvalue weighted by Crippen LogP contribution is -2.16. The zero-order valence-corrected chi connectivity index (χ0v) is 13.7. The molecule has 0 aliphatic carbocycles. The second-order valence-corrected chi connectivity index (χ2v) is 6.43. The van der Waals surface area contributed by atoms with Crippen molar-refractivity contribution in [2.45, 2.75) is 6.92 Å². The number of benzene rings is 2. The van der Waals surface area contributed by atoms with Crippen LogP contribution in [0.1, 0.15) is 20.8 Å². The van der Waals surface area contributed by atoms with Gasteiger partial charge in [-0.3, -0.25) is 4.79 Å². The Hall–Kier alpha value is -2.24. The van der Waals surface area contributed by atoms with Crippen LogP contribution in [0.25, 0.3) is 10.1 Å². The van der Waals surface area contributed by atoms with Crippen molar-refractivity contribution in [3.8, 4) is 0 Å². The van der Waals surface area contributed by atoms with E-state index in [-0.39, 0.29) is 11.7 Å². The van der Waals surface area contributed by atoms with Gasteiger partial charge in [-0.1, -0.05) is 35.9 Å². The number of carbonyl (C=O) groups excluding carboxylic acids is 1. The molecule has 2 aromatic carbocycles. The van der Waals surface area contributed by atoms with Crippen molar-refractivity contribution in [3.05, 3.63) is 69.3 Å². The van der Waals surface area contributed by atoms with Crippen LogP contribution in [-0.4, -0.2) is 12.1 Å². The standard InChI is InChI=1S/C17H12ClFN2OS/c1-10-5-6-13-14(7-10)23-16(15(13)18)17(22)21-20-9-11-3-2-4-12(19)8-11/h2-9H,1H3,(H,21,22)/b20-9+. The monoisotopic (exact) mass is 346 g/mol. The smallest absolute Gasteiger partial charge is 0.266 e. The van der Waals surface area contributed by atoms with Crippen LogP contribution in [0.15, 0.2) is 47.6 Å². The van der Waals surface area contributed by atoms with Crippen LogP contribution in [0.4, 0.5) is 4.39 Å². The average molecular weight is 347 g/mol. The highest BCUT2D eigenvalue weighted by Gasteiger charge is 2.16. The maximum atomic E-state index is 13.1. The number of hydrogen-bond donors (Lipinski definition) is 1. The minimum atomic E-state index is -0.387.